The Labute approximate surface area is 159 Å². The van der Waals surface area contributed by atoms with Gasteiger partial charge in [0.1, 0.15) is 17.0 Å². The summed E-state index contributed by atoms with van der Waals surface area (Å²) in [5.74, 6) is -2.98. The van der Waals surface area contributed by atoms with E-state index in [2.05, 4.69) is 10.6 Å². The first-order valence-electron chi connectivity index (χ1n) is 7.91. The number of nitriles is 1. The maximum Gasteiger partial charge on any atom is 0.293 e. The van der Waals surface area contributed by atoms with Gasteiger partial charge in [-0.25, -0.2) is 4.39 Å². The van der Waals surface area contributed by atoms with Gasteiger partial charge in [-0.15, -0.1) is 0 Å². The number of hydrogen-bond acceptors (Lipinski definition) is 4. The first-order chi connectivity index (χ1) is 12.7. The number of aromatic nitrogens is 1. The van der Waals surface area contributed by atoms with E-state index in [1.165, 1.54) is 30.7 Å². The summed E-state index contributed by atoms with van der Waals surface area (Å²) in [5, 5.41) is 13.8. The van der Waals surface area contributed by atoms with E-state index in [-0.39, 0.29) is 39.8 Å². The summed E-state index contributed by atoms with van der Waals surface area (Å²) in [7, 11) is 1.46. The summed E-state index contributed by atoms with van der Waals surface area (Å²) in [6, 6.07) is 5.21. The van der Waals surface area contributed by atoms with Crippen molar-refractivity contribution in [1.29, 1.82) is 5.26 Å². The predicted octanol–water partition coefficient (Wildman–Crippen LogP) is 2.57. The van der Waals surface area contributed by atoms with Gasteiger partial charge in [0.25, 0.3) is 17.6 Å². The molecule has 2 rings (SSSR count). The number of carbonyl (C=O) groups is 3. The van der Waals surface area contributed by atoms with Crippen LogP contribution >= 0.6 is 11.6 Å². The largest absolute Gasteiger partial charge is 0.349 e. The number of likely N-dealkylation sites (N-methyl/N-ethyl adjacent to an activating group) is 1. The van der Waals surface area contributed by atoms with Gasteiger partial charge in [0.2, 0.25) is 0 Å². The zero-order chi connectivity index (χ0) is 20.3. The number of benzene rings is 1. The summed E-state index contributed by atoms with van der Waals surface area (Å²) < 4.78 is 14.7. The maximum absolute atomic E-state index is 13.4. The number of hydrogen-bond donors (Lipinski definition) is 2. The molecule has 7 nitrogen and oxygen atoms in total. The lowest BCUT2D eigenvalue weighted by Gasteiger charge is -2.06. The van der Waals surface area contributed by atoms with Crippen molar-refractivity contribution in [2.45, 2.75) is 13.8 Å². The van der Waals surface area contributed by atoms with E-state index in [1.807, 2.05) is 0 Å². The standard InChI is InChI=1S/C18H16ClFN4O3/c1-4-22-18(27)15(25)14-9(2)13(16(19)24(14)3)17(26)23-11-5-6-12(20)10(7-11)8-21/h5-7H,4H2,1-3H3,(H,22,27)(H,23,26). The molecule has 1 aromatic carbocycles. The number of anilines is 1. The molecule has 0 aliphatic heterocycles. The number of carbonyl (C=O) groups excluding carboxylic acids is 3. The molecular formula is C18H16ClFN4O3. The van der Waals surface area contributed by atoms with Crippen LogP contribution in [-0.2, 0) is 11.8 Å². The van der Waals surface area contributed by atoms with E-state index in [0.29, 0.717) is 0 Å². The van der Waals surface area contributed by atoms with E-state index in [4.69, 9.17) is 16.9 Å². The number of halogens is 2. The molecule has 2 N–H and O–H groups in total. The smallest absolute Gasteiger partial charge is 0.293 e. The van der Waals surface area contributed by atoms with Crippen LogP contribution in [0.4, 0.5) is 10.1 Å². The molecule has 2 amide bonds. The van der Waals surface area contributed by atoms with Crippen LogP contribution in [0.2, 0.25) is 5.15 Å². The fraction of sp³-hybridized carbons (Fsp3) is 0.222. The molecule has 2 aromatic rings. The summed E-state index contributed by atoms with van der Waals surface area (Å²) >= 11 is 6.20. The molecule has 0 fully saturated rings. The molecule has 1 aromatic heterocycles. The predicted molar refractivity (Wildman–Crippen MR) is 97.2 cm³/mol. The lowest BCUT2D eigenvalue weighted by Crippen LogP contribution is -2.32. The van der Waals surface area contributed by atoms with Crippen LogP contribution in [0.25, 0.3) is 0 Å². The molecule has 0 spiro atoms. The summed E-state index contributed by atoms with van der Waals surface area (Å²) in [5.41, 5.74) is 0.200. The number of ketones is 1. The second-order valence-electron chi connectivity index (χ2n) is 5.65. The molecule has 0 saturated carbocycles. The van der Waals surface area contributed by atoms with Crippen LogP contribution in [0, 0.1) is 24.1 Å². The minimum Gasteiger partial charge on any atom is -0.349 e. The Bertz CT molecular complexity index is 991. The molecule has 0 radical (unpaired) electrons. The Hall–Kier alpha value is -3.18. The van der Waals surface area contributed by atoms with Crippen molar-refractivity contribution >= 4 is 34.9 Å². The lowest BCUT2D eigenvalue weighted by atomic mass is 10.1. The minimum atomic E-state index is -0.814. The van der Waals surface area contributed by atoms with Gasteiger partial charge < -0.3 is 15.2 Å². The fourth-order valence-corrected chi connectivity index (χ4v) is 2.92. The molecule has 0 atom stereocenters. The number of rotatable bonds is 5. The summed E-state index contributed by atoms with van der Waals surface area (Å²) in [6.45, 7) is 3.45. The quantitative estimate of drug-likeness (QED) is 0.604. The average Bonchev–Trinajstić information content (AvgIpc) is 2.85. The highest BCUT2D eigenvalue weighted by molar-refractivity contribution is 6.44. The molecule has 0 unspecified atom stereocenters. The minimum absolute atomic E-state index is 0.00656. The molecular weight excluding hydrogens is 375 g/mol. The van der Waals surface area contributed by atoms with Crippen molar-refractivity contribution in [1.82, 2.24) is 9.88 Å². The van der Waals surface area contributed by atoms with Gasteiger partial charge in [-0.3, -0.25) is 14.4 Å². The third-order valence-electron chi connectivity index (χ3n) is 3.90. The highest BCUT2D eigenvalue weighted by atomic mass is 35.5. The molecule has 140 valence electrons. The average molecular weight is 391 g/mol. The van der Waals surface area contributed by atoms with Crippen LogP contribution in [0.3, 0.4) is 0 Å². The third-order valence-corrected chi connectivity index (χ3v) is 4.34. The third kappa shape index (κ3) is 3.83. The number of nitrogens with zero attached hydrogens (tertiary/aromatic N) is 2. The molecule has 0 bridgehead atoms. The zero-order valence-electron chi connectivity index (χ0n) is 14.8. The molecule has 0 aliphatic rings. The molecule has 9 heteroatoms. The number of amides is 2. The van der Waals surface area contributed by atoms with Gasteiger partial charge in [0.05, 0.1) is 16.8 Å². The van der Waals surface area contributed by atoms with Gasteiger partial charge in [0, 0.05) is 19.3 Å². The van der Waals surface area contributed by atoms with Crippen LogP contribution in [-0.4, -0.2) is 28.7 Å². The molecule has 0 saturated heterocycles. The van der Waals surface area contributed by atoms with Crippen LogP contribution in [0.1, 0.15) is 38.9 Å². The first-order valence-corrected chi connectivity index (χ1v) is 8.29. The maximum atomic E-state index is 13.4. The SMILES string of the molecule is CCNC(=O)C(=O)c1c(C)c(C(=O)Nc2ccc(F)c(C#N)c2)c(Cl)n1C. The normalized spacial score (nSPS) is 10.2. The van der Waals surface area contributed by atoms with E-state index < -0.39 is 23.4 Å². The van der Waals surface area contributed by atoms with Crippen molar-refractivity contribution in [2.24, 2.45) is 7.05 Å². The zero-order valence-corrected chi connectivity index (χ0v) is 15.6. The second kappa shape index (κ2) is 8.01. The Morgan fingerprint density at radius 3 is 2.59 bits per heavy atom. The Kier molecular flexibility index (Phi) is 5.98. The Morgan fingerprint density at radius 2 is 2.00 bits per heavy atom. The van der Waals surface area contributed by atoms with E-state index in [0.717, 1.165) is 6.07 Å². The lowest BCUT2D eigenvalue weighted by molar-refractivity contribution is -0.116. The van der Waals surface area contributed by atoms with Crippen LogP contribution < -0.4 is 10.6 Å². The number of nitrogens with one attached hydrogen (secondary N) is 2. The fourth-order valence-electron chi connectivity index (χ4n) is 2.61. The number of Topliss-reactive ketones (excluding diaryl/α,β-unsaturated/α-hetero) is 1. The Balaban J connectivity index is 2.40. The van der Waals surface area contributed by atoms with Crippen LogP contribution in [0.5, 0.6) is 0 Å². The highest BCUT2D eigenvalue weighted by Crippen LogP contribution is 2.27. The van der Waals surface area contributed by atoms with E-state index in [9.17, 15) is 18.8 Å². The summed E-state index contributed by atoms with van der Waals surface area (Å²) in [4.78, 5) is 36.8. The van der Waals surface area contributed by atoms with Gasteiger partial charge in [0.15, 0.2) is 0 Å². The second-order valence-corrected chi connectivity index (χ2v) is 6.01. The first kappa shape index (κ1) is 20.1. The van der Waals surface area contributed by atoms with Crippen LogP contribution in [0.15, 0.2) is 18.2 Å². The van der Waals surface area contributed by atoms with Gasteiger partial charge >= 0.3 is 0 Å². The van der Waals surface area contributed by atoms with Crippen molar-refractivity contribution in [3.63, 3.8) is 0 Å². The topological polar surface area (TPSA) is 104 Å². The Morgan fingerprint density at radius 1 is 1.33 bits per heavy atom. The van der Waals surface area contributed by atoms with E-state index in [1.54, 1.807) is 13.0 Å². The van der Waals surface area contributed by atoms with Crippen molar-refractivity contribution in [2.75, 3.05) is 11.9 Å². The van der Waals surface area contributed by atoms with Gasteiger partial charge in [-0.2, -0.15) is 5.26 Å². The molecule has 0 aliphatic carbocycles. The highest BCUT2D eigenvalue weighted by Gasteiger charge is 2.29. The van der Waals surface area contributed by atoms with Gasteiger partial charge in [-0.1, -0.05) is 11.6 Å². The molecule has 27 heavy (non-hydrogen) atoms. The van der Waals surface area contributed by atoms with Crippen molar-refractivity contribution < 1.29 is 18.8 Å². The van der Waals surface area contributed by atoms with Crippen molar-refractivity contribution in [3.05, 3.63) is 51.6 Å². The van der Waals surface area contributed by atoms with E-state index >= 15 is 0 Å². The summed E-state index contributed by atoms with van der Waals surface area (Å²) in [6.07, 6.45) is 0. The monoisotopic (exact) mass is 390 g/mol. The van der Waals surface area contributed by atoms with Gasteiger partial charge in [-0.05, 0) is 37.6 Å². The molecule has 1 heterocycles. The van der Waals surface area contributed by atoms with Crippen molar-refractivity contribution in [3.8, 4) is 6.07 Å².